The number of carbonyl (C=O) groups is 2. The lowest BCUT2D eigenvalue weighted by Crippen LogP contribution is -2.59. The maximum atomic E-state index is 11.4. The number of hydrogen-bond donors (Lipinski definition) is 5. The zero-order valence-corrected chi connectivity index (χ0v) is 14.7. The molecule has 1 unspecified atom stereocenters. The van der Waals surface area contributed by atoms with Gasteiger partial charge in [0.1, 0.15) is 18.3 Å². The van der Waals surface area contributed by atoms with Crippen LogP contribution in [0, 0.1) is 0 Å². The van der Waals surface area contributed by atoms with Gasteiger partial charge in [-0.15, -0.1) is 0 Å². The number of ether oxygens (including phenoxy) is 2. The molecule has 5 N–H and O–H groups in total. The zero-order valence-electron chi connectivity index (χ0n) is 14.7. The van der Waals surface area contributed by atoms with Crippen molar-refractivity contribution >= 4 is 11.9 Å². The molecule has 0 aromatic carbocycles. The molecule has 1 aliphatic rings. The number of rotatable bonds is 8. The van der Waals surface area contributed by atoms with E-state index in [1.54, 1.807) is 6.92 Å². The van der Waals surface area contributed by atoms with Gasteiger partial charge in [0.05, 0.1) is 25.4 Å². The molecule has 12 heteroatoms. The smallest absolute Gasteiger partial charge is 0.370 e. The highest BCUT2D eigenvalue weighted by molar-refractivity contribution is 5.84. The molecule has 0 bridgehead atoms. The Morgan fingerprint density at radius 3 is 2.74 bits per heavy atom. The van der Waals surface area contributed by atoms with Gasteiger partial charge in [0, 0.05) is 6.92 Å². The second-order valence-corrected chi connectivity index (χ2v) is 5.91. The number of carbonyl (C=O) groups excluding carboxylic acids is 1. The Hall–Kier alpha value is -2.70. The fourth-order valence-electron chi connectivity index (χ4n) is 2.62. The van der Waals surface area contributed by atoms with Crippen LogP contribution in [-0.2, 0) is 20.9 Å². The van der Waals surface area contributed by atoms with Crippen LogP contribution in [0.1, 0.15) is 13.8 Å². The van der Waals surface area contributed by atoms with E-state index in [0.717, 1.165) is 6.08 Å². The first-order valence-electron chi connectivity index (χ1n) is 8.19. The second-order valence-electron chi connectivity index (χ2n) is 5.91. The fraction of sp³-hybridized carbons (Fsp3) is 0.600. The highest BCUT2D eigenvalue weighted by Crippen LogP contribution is 2.23. The summed E-state index contributed by atoms with van der Waals surface area (Å²) in [7, 11) is 0. The van der Waals surface area contributed by atoms with Crippen molar-refractivity contribution in [2.45, 2.75) is 50.8 Å². The van der Waals surface area contributed by atoms with E-state index >= 15 is 0 Å². The van der Waals surface area contributed by atoms with Crippen molar-refractivity contribution in [2.75, 3.05) is 6.61 Å². The first kappa shape index (κ1) is 20.6. The highest BCUT2D eigenvalue weighted by Gasteiger charge is 2.43. The van der Waals surface area contributed by atoms with Crippen LogP contribution in [0.5, 0.6) is 5.88 Å². The lowest BCUT2D eigenvalue weighted by molar-refractivity contribution is -0.148. The van der Waals surface area contributed by atoms with Crippen LogP contribution in [0.25, 0.3) is 0 Å². The Morgan fingerprint density at radius 2 is 2.15 bits per heavy atom. The van der Waals surface area contributed by atoms with Crippen molar-refractivity contribution in [1.82, 2.24) is 20.3 Å². The van der Waals surface area contributed by atoms with Gasteiger partial charge < -0.3 is 35.2 Å². The van der Waals surface area contributed by atoms with Crippen molar-refractivity contribution in [1.29, 1.82) is 0 Å². The normalized spacial score (nSPS) is 24.3. The van der Waals surface area contributed by atoms with Crippen LogP contribution in [0.4, 0.5) is 0 Å². The molecule has 1 amide bonds. The number of carboxylic acid groups (broad SMARTS) is 1. The molecule has 1 aromatic rings. The van der Waals surface area contributed by atoms with E-state index in [-0.39, 0.29) is 12.4 Å². The molecule has 5 atom stereocenters. The third kappa shape index (κ3) is 5.15. The van der Waals surface area contributed by atoms with E-state index in [9.17, 15) is 24.9 Å². The number of aliphatic hydroxyl groups excluding tert-OH is 3. The minimum atomic E-state index is -1.65. The molecule has 12 nitrogen and oxygen atoms in total. The van der Waals surface area contributed by atoms with E-state index in [0.29, 0.717) is 6.61 Å². The first-order chi connectivity index (χ1) is 12.7. The summed E-state index contributed by atoms with van der Waals surface area (Å²) in [5.74, 6) is -2.35. The molecule has 0 saturated heterocycles. The van der Waals surface area contributed by atoms with Gasteiger partial charge in [-0.3, -0.25) is 4.79 Å². The maximum absolute atomic E-state index is 11.4. The molecular weight excluding hydrogens is 364 g/mol. The molecule has 0 radical (unpaired) electrons. The van der Waals surface area contributed by atoms with Gasteiger partial charge in [0.25, 0.3) is 5.88 Å². The molecule has 2 heterocycles. The standard InChI is InChI=1S/C15H22N4O8/c1-3-26-11-6-19(18-17-11)5-9(22)13(23)14-12(16-7(2)20)8(21)4-10(27-14)15(24)25/h4,6,8-9,12-14,21-23H,3,5H2,1-2H3,(H,16,20)(H,24,25)/t8-,9-,12+,13-,14?/m0/s1. The number of nitrogens with one attached hydrogen (secondary N) is 1. The molecule has 1 aromatic heterocycles. The Morgan fingerprint density at radius 1 is 1.44 bits per heavy atom. The van der Waals surface area contributed by atoms with E-state index in [1.165, 1.54) is 17.8 Å². The predicted octanol–water partition coefficient (Wildman–Crippen LogP) is -2.37. The lowest BCUT2D eigenvalue weighted by atomic mass is 9.93. The summed E-state index contributed by atoms with van der Waals surface area (Å²) in [6.07, 6.45) is -3.66. The summed E-state index contributed by atoms with van der Waals surface area (Å²) in [6.45, 7) is 3.11. The molecule has 0 fully saturated rings. The Labute approximate surface area is 154 Å². The van der Waals surface area contributed by atoms with Gasteiger partial charge >= 0.3 is 5.97 Å². The van der Waals surface area contributed by atoms with Gasteiger partial charge in [-0.05, 0) is 13.0 Å². The molecule has 0 spiro atoms. The number of aliphatic carboxylic acids is 1. The largest absolute Gasteiger partial charge is 0.478 e. The van der Waals surface area contributed by atoms with Crippen LogP contribution >= 0.6 is 0 Å². The zero-order chi connectivity index (χ0) is 20.1. The average molecular weight is 386 g/mol. The molecule has 150 valence electrons. The molecule has 27 heavy (non-hydrogen) atoms. The molecule has 0 saturated carbocycles. The minimum Gasteiger partial charge on any atom is -0.478 e. The van der Waals surface area contributed by atoms with Crippen LogP contribution in [-0.4, -0.2) is 84.4 Å². The topological polar surface area (TPSA) is 176 Å². The minimum absolute atomic E-state index is 0.212. The molecule has 1 aliphatic heterocycles. The third-order valence-corrected chi connectivity index (χ3v) is 3.80. The van der Waals surface area contributed by atoms with Gasteiger partial charge in [0.2, 0.25) is 11.7 Å². The van der Waals surface area contributed by atoms with Gasteiger partial charge in [-0.1, -0.05) is 10.3 Å². The number of amides is 1. The van der Waals surface area contributed by atoms with Gasteiger partial charge in [-0.2, -0.15) is 0 Å². The van der Waals surface area contributed by atoms with Crippen molar-refractivity contribution in [3.63, 3.8) is 0 Å². The van der Waals surface area contributed by atoms with Crippen LogP contribution in [0.2, 0.25) is 0 Å². The second kappa shape index (κ2) is 8.79. The van der Waals surface area contributed by atoms with Crippen molar-refractivity contribution in [3.8, 4) is 5.88 Å². The van der Waals surface area contributed by atoms with Crippen molar-refractivity contribution < 1.29 is 39.5 Å². The highest BCUT2D eigenvalue weighted by atomic mass is 16.5. The van der Waals surface area contributed by atoms with Gasteiger partial charge in [-0.25, -0.2) is 9.48 Å². The summed E-state index contributed by atoms with van der Waals surface area (Å²) in [5, 5.41) is 49.8. The third-order valence-electron chi connectivity index (χ3n) is 3.80. The number of aromatic nitrogens is 3. The number of carboxylic acids is 1. The van der Waals surface area contributed by atoms with E-state index in [1.807, 2.05) is 0 Å². The Kier molecular flexibility index (Phi) is 6.71. The maximum Gasteiger partial charge on any atom is 0.370 e. The lowest BCUT2D eigenvalue weighted by Gasteiger charge is -2.38. The monoisotopic (exact) mass is 386 g/mol. The van der Waals surface area contributed by atoms with E-state index in [4.69, 9.17) is 14.6 Å². The Balaban J connectivity index is 2.15. The first-order valence-corrected chi connectivity index (χ1v) is 8.19. The van der Waals surface area contributed by atoms with E-state index < -0.39 is 48.1 Å². The SMILES string of the molecule is CCOc1cn(C[C@H](O)[C@H](O)C2OC(C(=O)O)=C[C@H](O)[C@H]2NC(C)=O)nn1. The van der Waals surface area contributed by atoms with Crippen LogP contribution in [0.15, 0.2) is 18.0 Å². The number of nitrogens with zero attached hydrogens (tertiary/aromatic N) is 3. The summed E-state index contributed by atoms with van der Waals surface area (Å²) in [5.41, 5.74) is 0. The summed E-state index contributed by atoms with van der Waals surface area (Å²) in [6, 6.07) is -1.16. The van der Waals surface area contributed by atoms with E-state index in [2.05, 4.69) is 15.6 Å². The summed E-state index contributed by atoms with van der Waals surface area (Å²) < 4.78 is 11.6. The van der Waals surface area contributed by atoms with Crippen molar-refractivity contribution in [2.24, 2.45) is 0 Å². The van der Waals surface area contributed by atoms with Crippen LogP contribution in [0.3, 0.4) is 0 Å². The number of hydrogen-bond acceptors (Lipinski definition) is 9. The quantitative estimate of drug-likeness (QED) is 0.324. The molecular formula is C15H22N4O8. The van der Waals surface area contributed by atoms with Crippen LogP contribution < -0.4 is 10.1 Å². The van der Waals surface area contributed by atoms with Crippen molar-refractivity contribution in [3.05, 3.63) is 18.0 Å². The predicted molar refractivity (Wildman–Crippen MR) is 87.4 cm³/mol. The summed E-state index contributed by atoms with van der Waals surface area (Å²) in [4.78, 5) is 22.5. The molecule has 0 aliphatic carbocycles. The fourth-order valence-corrected chi connectivity index (χ4v) is 2.62. The Bertz CT molecular complexity index is 706. The summed E-state index contributed by atoms with van der Waals surface area (Å²) >= 11 is 0. The van der Waals surface area contributed by atoms with Gasteiger partial charge in [0.15, 0.2) is 6.10 Å². The number of aliphatic hydroxyl groups is 3. The average Bonchev–Trinajstić information content (AvgIpc) is 3.02. The molecule has 2 rings (SSSR count).